The number of hydrogen-bond donors (Lipinski definition) is 2. The molecule has 21 heavy (non-hydrogen) atoms. The molecule has 1 heterocycles. The van der Waals surface area contributed by atoms with Gasteiger partial charge in [-0.15, -0.1) is 0 Å². The summed E-state index contributed by atoms with van der Waals surface area (Å²) in [6.45, 7) is 3.93. The van der Waals surface area contributed by atoms with Crippen molar-refractivity contribution in [2.75, 3.05) is 27.2 Å². The van der Waals surface area contributed by atoms with Crippen LogP contribution in [0, 0.1) is 0 Å². The number of nitrogens with one attached hydrogen (secondary N) is 1. The van der Waals surface area contributed by atoms with Gasteiger partial charge < -0.3 is 16.0 Å². The van der Waals surface area contributed by atoms with Crippen LogP contribution in [0.4, 0.5) is 0 Å². The van der Waals surface area contributed by atoms with Crippen molar-refractivity contribution in [3.63, 3.8) is 0 Å². The normalized spacial score (nSPS) is 14.1. The quantitative estimate of drug-likeness (QED) is 0.636. The molecule has 0 saturated carbocycles. The molecular weight excluding hydrogens is 264 g/mol. The highest BCUT2D eigenvalue weighted by Crippen LogP contribution is 2.13. The first kappa shape index (κ1) is 17.6. The summed E-state index contributed by atoms with van der Waals surface area (Å²) in [5, 5.41) is 3.02. The molecule has 0 aliphatic carbocycles. The minimum atomic E-state index is -0.588. The van der Waals surface area contributed by atoms with Crippen molar-refractivity contribution in [2.45, 2.75) is 38.1 Å². The van der Waals surface area contributed by atoms with Gasteiger partial charge in [0.1, 0.15) is 0 Å². The van der Waals surface area contributed by atoms with E-state index in [0.717, 1.165) is 38.8 Å². The molecule has 0 fully saturated rings. The lowest BCUT2D eigenvalue weighted by molar-refractivity contribution is -0.123. The summed E-state index contributed by atoms with van der Waals surface area (Å²) in [6.07, 6.45) is 7.53. The molecule has 0 saturated heterocycles. The van der Waals surface area contributed by atoms with Gasteiger partial charge in [-0.05, 0) is 70.9 Å². The fraction of sp³-hybridized carbons (Fsp3) is 0.625. The summed E-state index contributed by atoms with van der Waals surface area (Å²) in [5.74, 6) is -0.281. The highest BCUT2D eigenvalue weighted by Gasteiger charge is 2.27. The molecule has 0 aromatic carbocycles. The van der Waals surface area contributed by atoms with Gasteiger partial charge in [0, 0.05) is 18.9 Å². The smallest absolute Gasteiger partial charge is 0.237 e. The zero-order valence-corrected chi connectivity index (χ0v) is 13.4. The third-order valence-corrected chi connectivity index (χ3v) is 4.09. The van der Waals surface area contributed by atoms with Gasteiger partial charge in [-0.3, -0.25) is 9.78 Å². The Hall–Kier alpha value is -1.46. The highest BCUT2D eigenvalue weighted by molar-refractivity contribution is 5.84. The summed E-state index contributed by atoms with van der Waals surface area (Å²) < 4.78 is 0. The van der Waals surface area contributed by atoms with E-state index in [9.17, 15) is 4.79 Å². The van der Waals surface area contributed by atoms with E-state index >= 15 is 0 Å². The van der Waals surface area contributed by atoms with Crippen LogP contribution >= 0.6 is 0 Å². The number of carbonyl (C=O) groups is 1. The lowest BCUT2D eigenvalue weighted by atomic mass is 9.94. The van der Waals surface area contributed by atoms with Crippen LogP contribution in [0.2, 0.25) is 0 Å². The largest absolute Gasteiger partial charge is 0.368 e. The van der Waals surface area contributed by atoms with Gasteiger partial charge >= 0.3 is 0 Å². The summed E-state index contributed by atoms with van der Waals surface area (Å²) in [6, 6.07) is 4.11. The molecule has 118 valence electrons. The molecule has 0 bridgehead atoms. The highest BCUT2D eigenvalue weighted by atomic mass is 16.1. The topological polar surface area (TPSA) is 71.2 Å². The number of primary amides is 1. The van der Waals surface area contributed by atoms with Gasteiger partial charge in [0.2, 0.25) is 5.91 Å². The van der Waals surface area contributed by atoms with E-state index in [0.29, 0.717) is 0 Å². The maximum atomic E-state index is 11.4. The van der Waals surface area contributed by atoms with E-state index < -0.39 is 5.54 Å². The van der Waals surface area contributed by atoms with Crippen LogP contribution in [0.1, 0.15) is 31.7 Å². The number of nitrogens with two attached hydrogens (primary N) is 1. The van der Waals surface area contributed by atoms with Crippen molar-refractivity contribution in [2.24, 2.45) is 5.73 Å². The maximum Gasteiger partial charge on any atom is 0.237 e. The number of carbonyl (C=O) groups excluding carboxylic acids is 1. The Morgan fingerprint density at radius 2 is 2.00 bits per heavy atom. The van der Waals surface area contributed by atoms with Crippen molar-refractivity contribution >= 4 is 5.91 Å². The summed E-state index contributed by atoms with van der Waals surface area (Å²) in [4.78, 5) is 17.7. The van der Waals surface area contributed by atoms with Gasteiger partial charge in [-0.25, -0.2) is 0 Å². The van der Waals surface area contributed by atoms with Crippen LogP contribution in [-0.4, -0.2) is 48.5 Å². The number of aromatic nitrogens is 1. The molecule has 0 spiro atoms. The zero-order valence-electron chi connectivity index (χ0n) is 13.4. The van der Waals surface area contributed by atoms with Crippen LogP contribution < -0.4 is 11.1 Å². The van der Waals surface area contributed by atoms with Crippen molar-refractivity contribution < 1.29 is 4.79 Å². The second-order valence-corrected chi connectivity index (χ2v) is 5.81. The fourth-order valence-corrected chi connectivity index (χ4v) is 2.21. The number of hydrogen-bond acceptors (Lipinski definition) is 4. The van der Waals surface area contributed by atoms with E-state index in [4.69, 9.17) is 5.73 Å². The Balaban J connectivity index is 2.19. The predicted molar refractivity (Wildman–Crippen MR) is 85.9 cm³/mol. The standard InChI is InChI=1S/C16H28N4O/c1-16(18-2,15(17)21)9-4-5-12-20(3)13-8-14-6-10-19-11-7-14/h6-7,10-11,18H,4-5,8-9,12-13H2,1-3H3,(H2,17,21). The average molecular weight is 292 g/mol. The molecule has 0 aliphatic heterocycles. The Kier molecular flexibility index (Phi) is 7.32. The third kappa shape index (κ3) is 6.23. The lowest BCUT2D eigenvalue weighted by Crippen LogP contribution is -2.51. The van der Waals surface area contributed by atoms with Gasteiger partial charge in [-0.2, -0.15) is 0 Å². The van der Waals surface area contributed by atoms with Gasteiger partial charge in [0.15, 0.2) is 0 Å². The number of likely N-dealkylation sites (N-methyl/N-ethyl adjacent to an activating group) is 2. The number of unbranched alkanes of at least 4 members (excludes halogenated alkanes) is 1. The second-order valence-electron chi connectivity index (χ2n) is 5.81. The Labute approximate surface area is 127 Å². The van der Waals surface area contributed by atoms with Crippen molar-refractivity contribution in [1.29, 1.82) is 0 Å². The second kappa shape index (κ2) is 8.74. The van der Waals surface area contributed by atoms with Crippen LogP contribution in [0.3, 0.4) is 0 Å². The third-order valence-electron chi connectivity index (χ3n) is 4.09. The molecule has 5 heteroatoms. The van der Waals surface area contributed by atoms with Crippen molar-refractivity contribution in [1.82, 2.24) is 15.2 Å². The Morgan fingerprint density at radius 3 is 2.57 bits per heavy atom. The van der Waals surface area contributed by atoms with E-state index in [1.165, 1.54) is 5.56 Å². The number of amides is 1. The average Bonchev–Trinajstić information content (AvgIpc) is 2.50. The maximum absolute atomic E-state index is 11.4. The summed E-state index contributed by atoms with van der Waals surface area (Å²) in [7, 11) is 3.91. The van der Waals surface area contributed by atoms with Crippen molar-refractivity contribution in [3.05, 3.63) is 30.1 Å². The first-order valence-corrected chi connectivity index (χ1v) is 7.54. The summed E-state index contributed by atoms with van der Waals surface area (Å²) in [5.41, 5.74) is 6.14. The monoisotopic (exact) mass is 292 g/mol. The molecule has 1 unspecified atom stereocenters. The van der Waals surface area contributed by atoms with Crippen LogP contribution in [0.5, 0.6) is 0 Å². The van der Waals surface area contributed by atoms with E-state index in [2.05, 4.69) is 34.4 Å². The summed E-state index contributed by atoms with van der Waals surface area (Å²) >= 11 is 0. The molecule has 1 rings (SSSR count). The molecule has 0 aliphatic rings. The van der Waals surface area contributed by atoms with Crippen LogP contribution in [0.25, 0.3) is 0 Å². The molecular formula is C16H28N4O. The molecule has 1 amide bonds. The van der Waals surface area contributed by atoms with E-state index in [-0.39, 0.29) is 5.91 Å². The molecule has 0 radical (unpaired) electrons. The minimum absolute atomic E-state index is 0.281. The SMILES string of the molecule is CNC(C)(CCCCN(C)CCc1ccncc1)C(N)=O. The number of rotatable bonds is 10. The van der Waals surface area contributed by atoms with Gasteiger partial charge in [-0.1, -0.05) is 0 Å². The van der Waals surface area contributed by atoms with Gasteiger partial charge in [0.05, 0.1) is 5.54 Å². The van der Waals surface area contributed by atoms with Crippen LogP contribution in [-0.2, 0) is 11.2 Å². The Morgan fingerprint density at radius 1 is 1.33 bits per heavy atom. The molecule has 1 aromatic heterocycles. The molecule has 5 nitrogen and oxygen atoms in total. The van der Waals surface area contributed by atoms with E-state index in [1.807, 2.05) is 19.3 Å². The molecule has 1 atom stereocenters. The minimum Gasteiger partial charge on any atom is -0.368 e. The Bertz CT molecular complexity index is 424. The number of pyridine rings is 1. The lowest BCUT2D eigenvalue weighted by Gasteiger charge is -2.25. The first-order chi connectivity index (χ1) is 9.98. The zero-order chi connectivity index (χ0) is 15.7. The first-order valence-electron chi connectivity index (χ1n) is 7.54. The predicted octanol–water partition coefficient (Wildman–Crippen LogP) is 1.19. The molecule has 1 aromatic rings. The van der Waals surface area contributed by atoms with E-state index in [1.54, 1.807) is 7.05 Å². The van der Waals surface area contributed by atoms with Crippen LogP contribution in [0.15, 0.2) is 24.5 Å². The molecule has 3 N–H and O–H groups in total. The fourth-order valence-electron chi connectivity index (χ4n) is 2.21. The number of nitrogens with zero attached hydrogens (tertiary/aromatic N) is 2. The van der Waals surface area contributed by atoms with Gasteiger partial charge in [0.25, 0.3) is 0 Å². The van der Waals surface area contributed by atoms with Crippen molar-refractivity contribution in [3.8, 4) is 0 Å².